The Balaban J connectivity index is 0.000000223. The molecule has 0 radical (unpaired) electrons. The summed E-state index contributed by atoms with van der Waals surface area (Å²) in [5, 5.41) is 2.31. The Kier molecular flexibility index (Phi) is 17.7. The predicted octanol–water partition coefficient (Wildman–Crippen LogP) is 10.0. The Morgan fingerprint density at radius 1 is 1.00 bits per heavy atom. The Hall–Kier alpha value is -5.39. The van der Waals surface area contributed by atoms with Gasteiger partial charge in [-0.3, -0.25) is 24.7 Å². The monoisotopic (exact) mass is 875 g/mol. The lowest BCUT2D eigenvalue weighted by molar-refractivity contribution is -0.136. The van der Waals surface area contributed by atoms with Gasteiger partial charge in [0.15, 0.2) is 0 Å². The molecule has 11 heteroatoms. The van der Waals surface area contributed by atoms with Crippen LogP contribution in [-0.4, -0.2) is 97.3 Å². The highest BCUT2D eigenvalue weighted by atomic mass is 19.1. The summed E-state index contributed by atoms with van der Waals surface area (Å²) >= 11 is 0. The fraction of sp³-hybridized carbons (Fsp3) is 0.472. The summed E-state index contributed by atoms with van der Waals surface area (Å²) in [4.78, 5) is 45.3. The molecule has 2 saturated heterocycles. The molecule has 10 nitrogen and oxygen atoms in total. The first kappa shape index (κ1) is 48.1. The number of ether oxygens (including phenoxy) is 3. The van der Waals surface area contributed by atoms with Gasteiger partial charge in [0.25, 0.3) is 5.91 Å². The molecule has 3 heterocycles. The molecule has 3 aromatic rings. The maximum Gasteiger partial charge on any atom is 0.255 e. The van der Waals surface area contributed by atoms with Gasteiger partial charge < -0.3 is 24.0 Å². The number of halogens is 1. The first-order valence-corrected chi connectivity index (χ1v) is 23.2. The second-order valence-electron chi connectivity index (χ2n) is 17.4. The van der Waals surface area contributed by atoms with Crippen LogP contribution in [0.25, 0.3) is 22.8 Å². The number of carbonyl (C=O) groups excluding carboxylic acids is 3. The number of amides is 3. The summed E-state index contributed by atoms with van der Waals surface area (Å²) in [7, 11) is 3.31. The van der Waals surface area contributed by atoms with Crippen molar-refractivity contribution in [1.29, 1.82) is 0 Å². The third-order valence-corrected chi connectivity index (χ3v) is 12.9. The molecule has 4 aliphatic rings. The van der Waals surface area contributed by atoms with Crippen LogP contribution in [0.15, 0.2) is 91.0 Å². The van der Waals surface area contributed by atoms with Crippen LogP contribution in [0.5, 0.6) is 5.75 Å². The summed E-state index contributed by atoms with van der Waals surface area (Å²) in [6, 6.07) is 13.3. The second kappa shape index (κ2) is 23.5. The number of likely N-dealkylation sites (N-methyl/N-ethyl adjacent to an activating group) is 1. The molecule has 7 rings (SSSR count). The van der Waals surface area contributed by atoms with Gasteiger partial charge >= 0.3 is 0 Å². The number of allylic oxidation sites excluding steroid dienone is 5. The molecule has 2 unspecified atom stereocenters. The van der Waals surface area contributed by atoms with E-state index in [4.69, 9.17) is 14.2 Å². The Bertz CT molecular complexity index is 2200. The highest BCUT2D eigenvalue weighted by molar-refractivity contribution is 6.05. The largest absolute Gasteiger partial charge is 0.491 e. The number of hydrogen-bond acceptors (Lipinski definition) is 8. The number of carbonyl (C=O) groups is 3. The van der Waals surface area contributed by atoms with Crippen molar-refractivity contribution < 1.29 is 33.0 Å². The van der Waals surface area contributed by atoms with Crippen LogP contribution >= 0.6 is 0 Å². The summed E-state index contributed by atoms with van der Waals surface area (Å²) in [6.07, 6.45) is 22.1. The molecule has 2 atom stereocenters. The average molecular weight is 875 g/mol. The SMILES string of the molecule is C=C(/C=C\C(=C/C)c1ccc(-c2cnccc2C)c(CC)c1)OC1CCC1.COC1CCN(CCC(F)COc2ccc(C=C3CCC3)c(C(=O)N(C)C3CCC(=O)NC3=O)c2)CC1. The molecule has 4 fully saturated rings. The quantitative estimate of drug-likeness (QED) is 0.0811. The maximum atomic E-state index is 14.7. The number of aryl methyl sites for hydroxylation is 2. The zero-order valence-corrected chi connectivity index (χ0v) is 38.5. The van der Waals surface area contributed by atoms with E-state index in [2.05, 4.69) is 79.0 Å². The number of likely N-dealkylation sites (tertiary alicyclic amines) is 1. The standard InChI is InChI=1S/C28H38FN3O5.C25H29NO/c1-31(25-8-9-26(33)30-27(25)34)28(35)24-17-23(7-6-20(24)16-19-4-3-5-19)37-18-21(29)10-13-32-14-11-22(36-2)12-15-32;1-5-20(11-10-19(4)27-23-8-7-9-23)22-12-13-24(21(6-2)16-22)25-17-26-15-14-18(25)3/h6-7,16-17,21-22,25H,3-5,8-15,18H2,1-2H3,(H,30,33,34);5,10-17,23H,4,6-9H2,1-3H3/b;11-10-,20-5+. The normalized spacial score (nSPS) is 18.9. The third-order valence-electron chi connectivity index (χ3n) is 12.9. The maximum absolute atomic E-state index is 14.7. The van der Waals surface area contributed by atoms with Crippen molar-refractivity contribution in [2.45, 2.75) is 122 Å². The van der Waals surface area contributed by atoms with Crippen LogP contribution in [-0.2, 0) is 25.5 Å². The van der Waals surface area contributed by atoms with E-state index < -0.39 is 18.1 Å². The van der Waals surface area contributed by atoms with Crippen molar-refractivity contribution in [3.63, 3.8) is 0 Å². The topological polar surface area (TPSA) is 110 Å². The number of aromatic nitrogens is 1. The van der Waals surface area contributed by atoms with Crippen LogP contribution in [0, 0.1) is 6.92 Å². The highest BCUT2D eigenvalue weighted by Gasteiger charge is 2.33. The number of benzene rings is 2. The molecular weight excluding hydrogens is 808 g/mol. The van der Waals surface area contributed by atoms with Crippen LogP contribution in [0.4, 0.5) is 4.39 Å². The molecule has 342 valence electrons. The number of pyridine rings is 1. The molecule has 2 aliphatic heterocycles. The lowest BCUT2D eigenvalue weighted by atomic mass is 9.89. The summed E-state index contributed by atoms with van der Waals surface area (Å²) < 4.78 is 31.7. The van der Waals surface area contributed by atoms with Gasteiger partial charge in [-0.15, -0.1) is 0 Å². The molecule has 1 N–H and O–H groups in total. The zero-order valence-electron chi connectivity index (χ0n) is 38.5. The molecule has 2 saturated carbocycles. The summed E-state index contributed by atoms with van der Waals surface area (Å²) in [5.74, 6) is 0.0392. The molecule has 3 amide bonds. The number of nitrogens with zero attached hydrogens (tertiary/aromatic N) is 3. The summed E-state index contributed by atoms with van der Waals surface area (Å²) in [6.45, 7) is 12.8. The minimum atomic E-state index is -1.12. The van der Waals surface area contributed by atoms with E-state index >= 15 is 0 Å². The Morgan fingerprint density at radius 3 is 2.42 bits per heavy atom. The molecular formula is C53H67FN4O6. The molecule has 2 aliphatic carbocycles. The molecule has 2 aromatic carbocycles. The minimum Gasteiger partial charge on any atom is -0.491 e. The molecule has 64 heavy (non-hydrogen) atoms. The van der Waals surface area contributed by atoms with E-state index in [0.717, 1.165) is 75.8 Å². The number of rotatable bonds is 17. The average Bonchev–Trinajstić information content (AvgIpc) is 3.28. The van der Waals surface area contributed by atoms with Crippen molar-refractivity contribution in [2.24, 2.45) is 0 Å². The van der Waals surface area contributed by atoms with Gasteiger partial charge in [-0.25, -0.2) is 4.39 Å². The minimum absolute atomic E-state index is 0.0917. The Morgan fingerprint density at radius 2 is 1.78 bits per heavy atom. The third kappa shape index (κ3) is 13.1. The van der Waals surface area contributed by atoms with E-state index in [1.54, 1.807) is 26.3 Å². The van der Waals surface area contributed by atoms with Gasteiger partial charge in [0.1, 0.15) is 30.3 Å². The Labute approximate surface area is 379 Å². The molecule has 0 bridgehead atoms. The van der Waals surface area contributed by atoms with Crippen LogP contribution < -0.4 is 10.1 Å². The number of nitrogens with one attached hydrogen (secondary N) is 1. The van der Waals surface area contributed by atoms with Crippen LogP contribution in [0.2, 0.25) is 0 Å². The first-order valence-electron chi connectivity index (χ1n) is 23.2. The van der Waals surface area contributed by atoms with Crippen molar-refractivity contribution in [3.8, 4) is 16.9 Å². The van der Waals surface area contributed by atoms with Gasteiger partial charge in [0.05, 0.1) is 17.8 Å². The van der Waals surface area contributed by atoms with Gasteiger partial charge in [-0.1, -0.05) is 61.6 Å². The van der Waals surface area contributed by atoms with E-state index in [9.17, 15) is 18.8 Å². The van der Waals surface area contributed by atoms with Crippen LogP contribution in [0.3, 0.4) is 0 Å². The number of piperidine rings is 2. The number of hydrogen-bond donors (Lipinski definition) is 1. The lowest BCUT2D eigenvalue weighted by Gasteiger charge is -2.31. The fourth-order valence-corrected chi connectivity index (χ4v) is 8.38. The van der Waals surface area contributed by atoms with Gasteiger partial charge in [-0.05, 0) is 142 Å². The van der Waals surface area contributed by atoms with E-state index in [1.165, 1.54) is 50.3 Å². The van der Waals surface area contributed by atoms with Crippen molar-refractivity contribution in [1.82, 2.24) is 20.1 Å². The van der Waals surface area contributed by atoms with E-state index in [1.807, 2.05) is 30.6 Å². The van der Waals surface area contributed by atoms with Gasteiger partial charge in [-0.2, -0.15) is 0 Å². The molecule has 1 aromatic heterocycles. The molecule has 0 spiro atoms. The van der Waals surface area contributed by atoms with Gasteiger partial charge in [0.2, 0.25) is 11.8 Å². The van der Waals surface area contributed by atoms with Crippen molar-refractivity contribution >= 4 is 29.4 Å². The highest BCUT2D eigenvalue weighted by Crippen LogP contribution is 2.32. The van der Waals surface area contributed by atoms with E-state index in [0.29, 0.717) is 36.5 Å². The van der Waals surface area contributed by atoms with Crippen molar-refractivity contribution in [3.05, 3.63) is 119 Å². The van der Waals surface area contributed by atoms with E-state index in [-0.39, 0.29) is 31.3 Å². The lowest BCUT2D eigenvalue weighted by Crippen LogP contribution is -2.53. The first-order chi connectivity index (χ1) is 31.0. The number of alkyl halides is 1. The number of imide groups is 1. The van der Waals surface area contributed by atoms with Crippen LogP contribution in [0.1, 0.15) is 117 Å². The van der Waals surface area contributed by atoms with Crippen molar-refractivity contribution in [2.75, 3.05) is 40.4 Å². The number of methoxy groups -OCH3 is 1. The summed E-state index contributed by atoms with van der Waals surface area (Å²) in [5.41, 5.74) is 9.88. The predicted molar refractivity (Wildman–Crippen MR) is 252 cm³/mol. The second-order valence-corrected chi connectivity index (χ2v) is 17.4. The van der Waals surface area contributed by atoms with Gasteiger partial charge in [0, 0.05) is 58.2 Å². The zero-order chi connectivity index (χ0) is 45.6. The smallest absolute Gasteiger partial charge is 0.255 e. The fourth-order valence-electron chi connectivity index (χ4n) is 8.38.